The molecule has 1 aromatic rings. The van der Waals surface area contributed by atoms with Crippen LogP contribution in [-0.2, 0) is 11.3 Å². The highest BCUT2D eigenvalue weighted by Gasteiger charge is 2.09. The van der Waals surface area contributed by atoms with Gasteiger partial charge in [-0.15, -0.1) is 11.3 Å². The molecule has 1 atom stereocenters. The number of nitrogens with one attached hydrogen (secondary N) is 2. The Kier molecular flexibility index (Phi) is 6.18. The van der Waals surface area contributed by atoms with Crippen LogP contribution in [0.15, 0.2) is 11.4 Å². The SMILES string of the molecule is CCC(CCO)NCc1sccc1NC(C)=O. The van der Waals surface area contributed by atoms with Crippen molar-refractivity contribution in [3.63, 3.8) is 0 Å². The molecule has 96 valence electrons. The number of anilines is 1. The number of carbonyl (C=O) groups is 1. The quantitative estimate of drug-likeness (QED) is 0.699. The van der Waals surface area contributed by atoms with Gasteiger partial charge >= 0.3 is 0 Å². The van der Waals surface area contributed by atoms with Gasteiger partial charge in [0.1, 0.15) is 0 Å². The first-order valence-corrected chi connectivity index (χ1v) is 6.73. The summed E-state index contributed by atoms with van der Waals surface area (Å²) in [7, 11) is 0. The summed E-state index contributed by atoms with van der Waals surface area (Å²) in [5.41, 5.74) is 0.883. The lowest BCUT2D eigenvalue weighted by Crippen LogP contribution is -2.28. The molecular weight excluding hydrogens is 236 g/mol. The molecule has 0 fully saturated rings. The molecule has 0 saturated heterocycles. The van der Waals surface area contributed by atoms with Crippen LogP contribution in [-0.4, -0.2) is 23.7 Å². The standard InChI is InChI=1S/C12H20N2O2S/c1-3-10(4-6-15)13-8-12-11(5-7-17-12)14-9(2)16/h5,7,10,13,15H,3-4,6,8H2,1-2H3,(H,14,16). The topological polar surface area (TPSA) is 61.4 Å². The molecule has 1 amide bonds. The number of rotatable bonds is 7. The van der Waals surface area contributed by atoms with Crippen LogP contribution in [0.2, 0.25) is 0 Å². The van der Waals surface area contributed by atoms with Crippen LogP contribution in [0.4, 0.5) is 5.69 Å². The highest BCUT2D eigenvalue weighted by molar-refractivity contribution is 7.10. The number of hydrogen-bond donors (Lipinski definition) is 3. The highest BCUT2D eigenvalue weighted by Crippen LogP contribution is 2.22. The first-order chi connectivity index (χ1) is 8.17. The first kappa shape index (κ1) is 14.2. The summed E-state index contributed by atoms with van der Waals surface area (Å²) in [4.78, 5) is 12.1. The summed E-state index contributed by atoms with van der Waals surface area (Å²) in [6.07, 6.45) is 1.75. The lowest BCUT2D eigenvalue weighted by atomic mass is 10.1. The highest BCUT2D eigenvalue weighted by atomic mass is 32.1. The summed E-state index contributed by atoms with van der Waals surface area (Å²) in [6, 6.07) is 2.24. The Morgan fingerprint density at radius 1 is 1.59 bits per heavy atom. The number of amides is 1. The minimum absolute atomic E-state index is 0.0490. The lowest BCUT2D eigenvalue weighted by Gasteiger charge is -2.15. The predicted molar refractivity (Wildman–Crippen MR) is 71.2 cm³/mol. The molecule has 0 aliphatic heterocycles. The van der Waals surface area contributed by atoms with Crippen molar-refractivity contribution in [1.82, 2.24) is 5.32 Å². The van der Waals surface area contributed by atoms with Gasteiger partial charge in [0.05, 0.1) is 5.69 Å². The van der Waals surface area contributed by atoms with Crippen LogP contribution in [0.25, 0.3) is 0 Å². The first-order valence-electron chi connectivity index (χ1n) is 5.85. The minimum atomic E-state index is -0.0490. The van der Waals surface area contributed by atoms with Crippen molar-refractivity contribution in [2.75, 3.05) is 11.9 Å². The molecule has 1 rings (SSSR count). The summed E-state index contributed by atoms with van der Waals surface area (Å²) >= 11 is 1.62. The molecule has 4 nitrogen and oxygen atoms in total. The Hall–Kier alpha value is -0.910. The number of hydrogen-bond acceptors (Lipinski definition) is 4. The van der Waals surface area contributed by atoms with E-state index in [0.717, 1.165) is 30.0 Å². The Morgan fingerprint density at radius 2 is 2.35 bits per heavy atom. The van der Waals surface area contributed by atoms with Crippen molar-refractivity contribution in [2.24, 2.45) is 0 Å². The number of carbonyl (C=O) groups excluding carboxylic acids is 1. The third-order valence-corrected chi connectivity index (χ3v) is 3.50. The van der Waals surface area contributed by atoms with Gasteiger partial charge in [0.2, 0.25) is 5.91 Å². The zero-order chi connectivity index (χ0) is 12.7. The Bertz CT molecular complexity index is 352. The van der Waals surface area contributed by atoms with Crippen LogP contribution in [0, 0.1) is 0 Å². The molecule has 0 radical (unpaired) electrons. The zero-order valence-electron chi connectivity index (χ0n) is 10.3. The number of thiophene rings is 1. The third-order valence-electron chi connectivity index (χ3n) is 2.58. The molecule has 17 heavy (non-hydrogen) atoms. The molecule has 0 aromatic carbocycles. The molecule has 0 bridgehead atoms. The second kappa shape index (κ2) is 7.42. The molecule has 1 aromatic heterocycles. The predicted octanol–water partition coefficient (Wildman–Crippen LogP) is 1.96. The summed E-state index contributed by atoms with van der Waals surface area (Å²) in [5, 5.41) is 17.1. The van der Waals surface area contributed by atoms with Crippen LogP contribution >= 0.6 is 11.3 Å². The van der Waals surface area contributed by atoms with Gasteiger partial charge in [0.15, 0.2) is 0 Å². The average molecular weight is 256 g/mol. The minimum Gasteiger partial charge on any atom is -0.396 e. The largest absolute Gasteiger partial charge is 0.396 e. The molecule has 0 aliphatic carbocycles. The van der Waals surface area contributed by atoms with Gasteiger partial charge in [0, 0.05) is 31.0 Å². The van der Waals surface area contributed by atoms with Crippen molar-refractivity contribution >= 4 is 22.9 Å². The van der Waals surface area contributed by atoms with Crippen molar-refractivity contribution in [2.45, 2.75) is 39.3 Å². The fraction of sp³-hybridized carbons (Fsp3) is 0.583. The van der Waals surface area contributed by atoms with Crippen LogP contribution in [0.1, 0.15) is 31.6 Å². The Labute approximate surface area is 106 Å². The van der Waals surface area contributed by atoms with E-state index in [9.17, 15) is 4.79 Å². The maximum Gasteiger partial charge on any atom is 0.221 e. The van der Waals surface area contributed by atoms with Crippen molar-refractivity contribution < 1.29 is 9.90 Å². The fourth-order valence-electron chi connectivity index (χ4n) is 1.62. The maximum absolute atomic E-state index is 11.0. The fourth-order valence-corrected chi connectivity index (χ4v) is 2.40. The van der Waals surface area contributed by atoms with E-state index in [-0.39, 0.29) is 12.5 Å². The molecular formula is C12H20N2O2S. The van der Waals surface area contributed by atoms with Crippen molar-refractivity contribution in [1.29, 1.82) is 0 Å². The van der Waals surface area contributed by atoms with E-state index >= 15 is 0 Å². The van der Waals surface area contributed by atoms with Gasteiger partial charge in [-0.05, 0) is 24.3 Å². The summed E-state index contributed by atoms with van der Waals surface area (Å²) in [5.74, 6) is -0.0490. The van der Waals surface area contributed by atoms with E-state index in [2.05, 4.69) is 17.6 Å². The van der Waals surface area contributed by atoms with Crippen LogP contribution in [0.3, 0.4) is 0 Å². The number of aliphatic hydroxyl groups excluding tert-OH is 1. The Morgan fingerprint density at radius 3 is 2.94 bits per heavy atom. The molecule has 5 heteroatoms. The molecule has 0 aliphatic rings. The molecule has 0 saturated carbocycles. The average Bonchev–Trinajstić information content (AvgIpc) is 2.71. The molecule has 1 unspecified atom stereocenters. The number of aliphatic hydroxyl groups is 1. The lowest BCUT2D eigenvalue weighted by molar-refractivity contribution is -0.114. The normalized spacial score (nSPS) is 12.4. The van der Waals surface area contributed by atoms with Gasteiger partial charge in [-0.3, -0.25) is 4.79 Å². The van der Waals surface area contributed by atoms with Gasteiger partial charge in [-0.2, -0.15) is 0 Å². The van der Waals surface area contributed by atoms with Gasteiger partial charge in [-0.1, -0.05) is 6.92 Å². The van der Waals surface area contributed by atoms with E-state index in [1.807, 2.05) is 11.4 Å². The maximum atomic E-state index is 11.0. The Balaban J connectivity index is 2.50. The second-order valence-electron chi connectivity index (χ2n) is 3.94. The van der Waals surface area contributed by atoms with E-state index in [4.69, 9.17) is 5.11 Å². The van der Waals surface area contributed by atoms with E-state index in [1.54, 1.807) is 11.3 Å². The smallest absolute Gasteiger partial charge is 0.221 e. The van der Waals surface area contributed by atoms with Gasteiger partial charge in [-0.25, -0.2) is 0 Å². The summed E-state index contributed by atoms with van der Waals surface area (Å²) < 4.78 is 0. The van der Waals surface area contributed by atoms with Crippen LogP contribution in [0.5, 0.6) is 0 Å². The van der Waals surface area contributed by atoms with Gasteiger partial charge < -0.3 is 15.7 Å². The van der Waals surface area contributed by atoms with E-state index < -0.39 is 0 Å². The van der Waals surface area contributed by atoms with Crippen LogP contribution < -0.4 is 10.6 Å². The third kappa shape index (κ3) is 4.85. The van der Waals surface area contributed by atoms with E-state index in [0.29, 0.717) is 6.04 Å². The molecule has 3 N–H and O–H groups in total. The molecule has 0 spiro atoms. The van der Waals surface area contributed by atoms with Gasteiger partial charge in [0.25, 0.3) is 0 Å². The summed E-state index contributed by atoms with van der Waals surface area (Å²) in [6.45, 7) is 4.53. The monoisotopic (exact) mass is 256 g/mol. The van der Waals surface area contributed by atoms with E-state index in [1.165, 1.54) is 6.92 Å². The zero-order valence-corrected chi connectivity index (χ0v) is 11.1. The second-order valence-corrected chi connectivity index (χ2v) is 4.94. The molecule has 1 heterocycles. The van der Waals surface area contributed by atoms with Crippen molar-refractivity contribution in [3.05, 3.63) is 16.3 Å². The van der Waals surface area contributed by atoms with Crippen molar-refractivity contribution in [3.8, 4) is 0 Å².